The van der Waals surface area contributed by atoms with Crippen LogP contribution in [0.15, 0.2) is 24.3 Å². The van der Waals surface area contributed by atoms with Gasteiger partial charge in [-0.1, -0.05) is 17.7 Å². The van der Waals surface area contributed by atoms with Crippen molar-refractivity contribution in [2.45, 2.75) is 33.2 Å². The zero-order valence-corrected chi connectivity index (χ0v) is 14.0. The number of benzene rings is 1. The third-order valence-corrected chi connectivity index (χ3v) is 3.35. The first-order chi connectivity index (χ1) is 10.9. The maximum Gasteiger partial charge on any atom is 0.336 e. The maximum absolute atomic E-state index is 12.0. The van der Waals surface area contributed by atoms with E-state index in [1.807, 2.05) is 19.1 Å². The van der Waals surface area contributed by atoms with E-state index in [2.05, 4.69) is 0 Å². The fourth-order valence-electron chi connectivity index (χ4n) is 2.21. The highest BCUT2D eigenvalue weighted by atomic mass is 16.5. The average molecular weight is 321 g/mol. The molecule has 1 aromatic carbocycles. The number of esters is 2. The molecule has 0 saturated heterocycles. The highest BCUT2D eigenvalue weighted by Gasteiger charge is 2.31. The van der Waals surface area contributed by atoms with Gasteiger partial charge >= 0.3 is 11.9 Å². The molecule has 0 heterocycles. The van der Waals surface area contributed by atoms with Crippen LogP contribution in [0.2, 0.25) is 0 Å². The number of Topliss-reactive ketones (excluding diaryl/α,β-unsaturated/α-hetero) is 1. The molecule has 0 spiro atoms. The second-order valence-electron chi connectivity index (χ2n) is 5.12. The van der Waals surface area contributed by atoms with E-state index in [1.165, 1.54) is 14.0 Å². The van der Waals surface area contributed by atoms with Gasteiger partial charge in [0.15, 0.2) is 11.8 Å². The van der Waals surface area contributed by atoms with Crippen molar-refractivity contribution in [2.24, 2.45) is 0 Å². The Morgan fingerprint density at radius 2 is 1.78 bits per heavy atom. The van der Waals surface area contributed by atoms with Crippen molar-refractivity contribution in [3.05, 3.63) is 29.8 Å². The summed E-state index contributed by atoms with van der Waals surface area (Å²) in [4.78, 5) is 37.1. The van der Waals surface area contributed by atoms with Gasteiger partial charge in [-0.3, -0.25) is 9.59 Å². The van der Waals surface area contributed by atoms with Crippen LogP contribution in [0.1, 0.15) is 25.8 Å². The normalized spacial score (nSPS) is 11.5. The molecule has 0 N–H and O–H groups in total. The molecular weight excluding hydrogens is 298 g/mol. The summed E-state index contributed by atoms with van der Waals surface area (Å²) in [5.74, 6) is -1.38. The minimum Gasteiger partial charge on any atom is -0.467 e. The van der Waals surface area contributed by atoms with E-state index in [0.717, 1.165) is 5.56 Å². The van der Waals surface area contributed by atoms with Gasteiger partial charge in [-0.05, 0) is 32.9 Å². The lowest BCUT2D eigenvalue weighted by molar-refractivity contribution is -0.146. The van der Waals surface area contributed by atoms with Crippen molar-refractivity contribution in [3.63, 3.8) is 0 Å². The van der Waals surface area contributed by atoms with Gasteiger partial charge in [0.2, 0.25) is 0 Å². The average Bonchev–Trinajstić information content (AvgIpc) is 2.51. The third-order valence-electron chi connectivity index (χ3n) is 3.35. The Balaban J connectivity index is 3.08. The molecule has 0 amide bonds. The second kappa shape index (κ2) is 8.92. The van der Waals surface area contributed by atoms with Gasteiger partial charge in [0.05, 0.1) is 20.1 Å². The minimum absolute atomic E-state index is 0.0719. The number of carbonyl (C=O) groups excluding carboxylic acids is 3. The van der Waals surface area contributed by atoms with E-state index in [0.29, 0.717) is 5.69 Å². The van der Waals surface area contributed by atoms with E-state index in [-0.39, 0.29) is 31.3 Å². The molecule has 23 heavy (non-hydrogen) atoms. The molecule has 0 aliphatic rings. The van der Waals surface area contributed by atoms with E-state index in [9.17, 15) is 14.4 Å². The predicted molar refractivity (Wildman–Crippen MR) is 86.3 cm³/mol. The number of methoxy groups -OCH3 is 1. The molecule has 6 heteroatoms. The van der Waals surface area contributed by atoms with Gasteiger partial charge in [-0.25, -0.2) is 4.79 Å². The summed E-state index contributed by atoms with van der Waals surface area (Å²) in [7, 11) is 1.23. The smallest absolute Gasteiger partial charge is 0.336 e. The SMILES string of the molecule is CCOC(=O)CCN(c1ccc(C)cc1)C(C(C)=O)C(=O)OC. The van der Waals surface area contributed by atoms with E-state index < -0.39 is 12.0 Å². The van der Waals surface area contributed by atoms with Crippen molar-refractivity contribution >= 4 is 23.4 Å². The van der Waals surface area contributed by atoms with Crippen molar-refractivity contribution in [3.8, 4) is 0 Å². The van der Waals surface area contributed by atoms with Crippen LogP contribution in [-0.2, 0) is 23.9 Å². The van der Waals surface area contributed by atoms with Crippen LogP contribution in [0.4, 0.5) is 5.69 Å². The zero-order chi connectivity index (χ0) is 17.4. The summed E-state index contributed by atoms with van der Waals surface area (Å²) in [6, 6.07) is 6.28. The number of rotatable bonds is 8. The second-order valence-corrected chi connectivity index (χ2v) is 5.12. The van der Waals surface area contributed by atoms with Crippen LogP contribution in [0.3, 0.4) is 0 Å². The predicted octanol–water partition coefficient (Wildman–Crippen LogP) is 1.89. The molecule has 0 fully saturated rings. The Bertz CT molecular complexity index is 553. The monoisotopic (exact) mass is 321 g/mol. The Morgan fingerprint density at radius 3 is 2.26 bits per heavy atom. The number of carbonyl (C=O) groups is 3. The lowest BCUT2D eigenvalue weighted by Gasteiger charge is -2.30. The Hall–Kier alpha value is -2.37. The molecule has 0 aliphatic heterocycles. The summed E-state index contributed by atoms with van der Waals surface area (Å²) in [5, 5.41) is 0. The summed E-state index contributed by atoms with van der Waals surface area (Å²) in [6.07, 6.45) is 0.0719. The maximum atomic E-state index is 12.0. The van der Waals surface area contributed by atoms with E-state index in [4.69, 9.17) is 9.47 Å². The van der Waals surface area contributed by atoms with Crippen LogP contribution in [0.25, 0.3) is 0 Å². The topological polar surface area (TPSA) is 72.9 Å². The molecule has 1 atom stereocenters. The number of anilines is 1. The van der Waals surface area contributed by atoms with E-state index >= 15 is 0 Å². The van der Waals surface area contributed by atoms with Crippen LogP contribution in [0, 0.1) is 6.92 Å². The molecule has 0 saturated carbocycles. The molecular formula is C17H23NO5. The first kappa shape index (κ1) is 18.7. The molecule has 0 aliphatic carbocycles. The number of hydrogen-bond donors (Lipinski definition) is 0. The Labute approximate surface area is 136 Å². The lowest BCUT2D eigenvalue weighted by atomic mass is 10.1. The molecule has 1 unspecified atom stereocenters. The molecule has 6 nitrogen and oxygen atoms in total. The molecule has 0 aromatic heterocycles. The molecule has 1 aromatic rings. The number of ether oxygens (including phenoxy) is 2. The van der Waals surface area contributed by atoms with Gasteiger partial charge in [0.1, 0.15) is 0 Å². The van der Waals surface area contributed by atoms with Crippen molar-refractivity contribution in [2.75, 3.05) is 25.2 Å². The van der Waals surface area contributed by atoms with Gasteiger partial charge in [0, 0.05) is 12.2 Å². The first-order valence-electron chi connectivity index (χ1n) is 7.47. The first-order valence-corrected chi connectivity index (χ1v) is 7.47. The number of aryl methyl sites for hydroxylation is 1. The highest BCUT2D eigenvalue weighted by molar-refractivity contribution is 6.05. The van der Waals surface area contributed by atoms with E-state index in [1.54, 1.807) is 24.0 Å². The summed E-state index contributed by atoms with van der Waals surface area (Å²) < 4.78 is 9.64. The van der Waals surface area contributed by atoms with Gasteiger partial charge in [0.25, 0.3) is 0 Å². The number of nitrogens with zero attached hydrogens (tertiary/aromatic N) is 1. The van der Waals surface area contributed by atoms with Crippen LogP contribution in [0.5, 0.6) is 0 Å². The standard InChI is InChI=1S/C17H23NO5/c1-5-23-15(20)10-11-18(14-8-6-12(2)7-9-14)16(13(3)19)17(21)22-4/h6-9,16H,5,10-11H2,1-4H3. The van der Waals surface area contributed by atoms with Gasteiger partial charge in [-0.15, -0.1) is 0 Å². The summed E-state index contributed by atoms with van der Waals surface area (Å²) in [5.41, 5.74) is 1.72. The van der Waals surface area contributed by atoms with Crippen molar-refractivity contribution in [1.29, 1.82) is 0 Å². The molecule has 1 rings (SSSR count). The van der Waals surface area contributed by atoms with Crippen molar-refractivity contribution < 1.29 is 23.9 Å². The largest absolute Gasteiger partial charge is 0.467 e. The van der Waals surface area contributed by atoms with Crippen molar-refractivity contribution in [1.82, 2.24) is 0 Å². The summed E-state index contributed by atoms with van der Waals surface area (Å²) >= 11 is 0. The zero-order valence-electron chi connectivity index (χ0n) is 14.0. The fourth-order valence-corrected chi connectivity index (χ4v) is 2.21. The number of ketones is 1. The molecule has 0 radical (unpaired) electrons. The summed E-state index contributed by atoms with van der Waals surface area (Å²) in [6.45, 7) is 5.46. The Morgan fingerprint density at radius 1 is 1.17 bits per heavy atom. The van der Waals surface area contributed by atoms with Crippen LogP contribution >= 0.6 is 0 Å². The van der Waals surface area contributed by atoms with Gasteiger partial charge < -0.3 is 14.4 Å². The Kier molecular flexibility index (Phi) is 7.25. The molecule has 126 valence electrons. The van der Waals surface area contributed by atoms with Crippen LogP contribution < -0.4 is 4.90 Å². The number of hydrogen-bond acceptors (Lipinski definition) is 6. The third kappa shape index (κ3) is 5.39. The van der Waals surface area contributed by atoms with Crippen LogP contribution in [-0.4, -0.2) is 44.0 Å². The minimum atomic E-state index is -1.09. The highest BCUT2D eigenvalue weighted by Crippen LogP contribution is 2.20. The van der Waals surface area contributed by atoms with Gasteiger partial charge in [-0.2, -0.15) is 0 Å². The quantitative estimate of drug-likeness (QED) is 0.538. The molecule has 0 bridgehead atoms. The fraction of sp³-hybridized carbons (Fsp3) is 0.471. The lowest BCUT2D eigenvalue weighted by Crippen LogP contribution is -2.47.